The molecule has 1 aliphatic rings. The lowest BCUT2D eigenvalue weighted by Gasteiger charge is -2.18. The minimum Gasteiger partial charge on any atom is -0.481 e. The molecule has 0 atom stereocenters. The number of ether oxygens (including phenoxy) is 4. The van der Waals surface area contributed by atoms with Crippen LogP contribution in [0, 0.1) is 0 Å². The number of para-hydroxylation sites is 2. The van der Waals surface area contributed by atoms with Gasteiger partial charge in [-0.25, -0.2) is 9.59 Å². The van der Waals surface area contributed by atoms with Crippen LogP contribution in [-0.4, -0.2) is 44.1 Å². The van der Waals surface area contributed by atoms with Gasteiger partial charge in [0.2, 0.25) is 0 Å². The molecule has 1 saturated carbocycles. The Morgan fingerprint density at radius 2 is 1.17 bits per heavy atom. The topological polar surface area (TPSA) is 88.1 Å². The highest BCUT2D eigenvalue weighted by atomic mass is 16.6. The number of carbonyl (C=O) groups excluding carboxylic acids is 3. The van der Waals surface area contributed by atoms with Crippen LogP contribution < -0.4 is 9.47 Å². The Labute approximate surface area is 205 Å². The molecule has 7 heteroatoms. The zero-order valence-electron chi connectivity index (χ0n) is 20.1. The minimum absolute atomic E-state index is 0.0448. The molecule has 184 valence electrons. The molecule has 0 amide bonds. The highest BCUT2D eigenvalue weighted by molar-refractivity contribution is 6.14. The maximum absolute atomic E-state index is 13.3. The van der Waals surface area contributed by atoms with Crippen LogP contribution in [0.3, 0.4) is 0 Å². The van der Waals surface area contributed by atoms with Crippen molar-refractivity contribution in [1.82, 2.24) is 0 Å². The van der Waals surface area contributed by atoms with E-state index in [1.165, 1.54) is 0 Å². The maximum Gasteiger partial charge on any atom is 0.344 e. The second-order valence-electron chi connectivity index (χ2n) is 7.78. The third kappa shape index (κ3) is 7.57. The van der Waals surface area contributed by atoms with Gasteiger partial charge >= 0.3 is 11.9 Å². The highest BCUT2D eigenvalue weighted by Gasteiger charge is 2.22. The average Bonchev–Trinajstić information content (AvgIpc) is 2.86. The van der Waals surface area contributed by atoms with Gasteiger partial charge < -0.3 is 18.9 Å². The summed E-state index contributed by atoms with van der Waals surface area (Å²) < 4.78 is 21.1. The Bertz CT molecular complexity index is 1030. The predicted octanol–water partition coefficient (Wildman–Crippen LogP) is 4.79. The predicted molar refractivity (Wildman–Crippen MR) is 132 cm³/mol. The van der Waals surface area contributed by atoms with Crippen LogP contribution in [0.4, 0.5) is 0 Å². The molecular weight excluding hydrogens is 448 g/mol. The van der Waals surface area contributed by atoms with Gasteiger partial charge in [0, 0.05) is 22.3 Å². The van der Waals surface area contributed by atoms with Crippen molar-refractivity contribution in [3.63, 3.8) is 0 Å². The third-order valence-corrected chi connectivity index (χ3v) is 5.27. The number of esters is 2. The summed E-state index contributed by atoms with van der Waals surface area (Å²) in [6.45, 7) is 3.65. The number of benzene rings is 2. The van der Waals surface area contributed by atoms with Gasteiger partial charge in [-0.1, -0.05) is 36.4 Å². The van der Waals surface area contributed by atoms with E-state index in [-0.39, 0.29) is 32.2 Å². The van der Waals surface area contributed by atoms with Crippen LogP contribution in [-0.2, 0) is 23.9 Å². The molecule has 0 bridgehead atoms. The fourth-order valence-corrected chi connectivity index (χ4v) is 3.69. The van der Waals surface area contributed by atoms with Crippen molar-refractivity contribution in [2.24, 2.45) is 0 Å². The molecule has 2 aromatic carbocycles. The first-order valence-electron chi connectivity index (χ1n) is 11.7. The van der Waals surface area contributed by atoms with Crippen LogP contribution in [0.15, 0.2) is 59.7 Å². The summed E-state index contributed by atoms with van der Waals surface area (Å²) in [5.74, 6) is 0.0801. The van der Waals surface area contributed by atoms with Gasteiger partial charge in [-0.3, -0.25) is 4.79 Å². The van der Waals surface area contributed by atoms with Gasteiger partial charge in [0.1, 0.15) is 11.5 Å². The van der Waals surface area contributed by atoms with Crippen LogP contribution in [0.25, 0.3) is 12.2 Å². The number of rotatable bonds is 10. The monoisotopic (exact) mass is 478 g/mol. The lowest BCUT2D eigenvalue weighted by atomic mass is 9.86. The molecule has 2 aromatic rings. The standard InChI is InChI=1S/C28H30O7/c1-3-32-26(29)18-34-24-14-7-5-10-20(24)16-22-12-9-13-23(28(22)31)17-21-11-6-8-15-25(21)35-19-27(30)33-4-2/h5-8,10-11,14-17H,3-4,9,12-13,18-19H2,1-2H3. The second-order valence-corrected chi connectivity index (χ2v) is 7.78. The Morgan fingerprint density at radius 1 is 0.743 bits per heavy atom. The van der Waals surface area contributed by atoms with Crippen molar-refractivity contribution >= 4 is 29.9 Å². The highest BCUT2D eigenvalue weighted by Crippen LogP contribution is 2.31. The summed E-state index contributed by atoms with van der Waals surface area (Å²) in [7, 11) is 0. The Kier molecular flexibility index (Phi) is 9.66. The van der Waals surface area contributed by atoms with E-state index in [2.05, 4.69) is 0 Å². The lowest BCUT2D eigenvalue weighted by molar-refractivity contribution is -0.146. The van der Waals surface area contributed by atoms with Gasteiger partial charge in [-0.15, -0.1) is 0 Å². The lowest BCUT2D eigenvalue weighted by Crippen LogP contribution is -2.15. The average molecular weight is 479 g/mol. The number of hydrogen-bond acceptors (Lipinski definition) is 7. The van der Waals surface area contributed by atoms with Gasteiger partial charge in [-0.2, -0.15) is 0 Å². The first kappa shape index (κ1) is 25.7. The Morgan fingerprint density at radius 3 is 1.60 bits per heavy atom. The molecule has 0 aromatic heterocycles. The second kappa shape index (κ2) is 13.1. The number of ketones is 1. The molecule has 0 N–H and O–H groups in total. The largest absolute Gasteiger partial charge is 0.481 e. The number of allylic oxidation sites excluding steroid dienone is 2. The van der Waals surface area contributed by atoms with E-state index in [4.69, 9.17) is 18.9 Å². The van der Waals surface area contributed by atoms with Crippen molar-refractivity contribution in [1.29, 1.82) is 0 Å². The van der Waals surface area contributed by atoms with E-state index < -0.39 is 11.9 Å². The summed E-state index contributed by atoms with van der Waals surface area (Å²) in [6, 6.07) is 14.5. The van der Waals surface area contributed by atoms with Crippen LogP contribution in [0.5, 0.6) is 11.5 Å². The van der Waals surface area contributed by atoms with Crippen LogP contribution in [0.2, 0.25) is 0 Å². The van der Waals surface area contributed by atoms with E-state index in [1.807, 2.05) is 48.6 Å². The normalized spacial score (nSPS) is 15.7. The van der Waals surface area contributed by atoms with E-state index in [0.717, 1.165) is 17.5 Å². The number of Topliss-reactive ketones (excluding diaryl/α,β-unsaturated/α-hetero) is 1. The summed E-state index contributed by atoms with van der Waals surface area (Å²) in [6.07, 6.45) is 5.74. The smallest absolute Gasteiger partial charge is 0.344 e. The Hall–Kier alpha value is -3.87. The molecule has 0 heterocycles. The molecule has 0 radical (unpaired) electrons. The molecule has 0 unspecified atom stereocenters. The van der Waals surface area contributed by atoms with Crippen molar-refractivity contribution in [3.05, 3.63) is 70.8 Å². The van der Waals surface area contributed by atoms with Gasteiger partial charge in [-0.05, 0) is 57.4 Å². The SMILES string of the molecule is CCOC(=O)COc1ccccc1C=C1CCCC(=Cc2ccccc2OCC(=O)OCC)C1=O. The number of hydrogen-bond donors (Lipinski definition) is 0. The van der Waals surface area contributed by atoms with Gasteiger partial charge in [0.05, 0.1) is 13.2 Å². The van der Waals surface area contributed by atoms with Gasteiger partial charge in [0.15, 0.2) is 19.0 Å². The fourth-order valence-electron chi connectivity index (χ4n) is 3.69. The van der Waals surface area contributed by atoms with Crippen molar-refractivity contribution in [2.45, 2.75) is 33.1 Å². The minimum atomic E-state index is -0.447. The maximum atomic E-state index is 13.3. The molecule has 0 saturated heterocycles. The molecule has 1 aliphatic carbocycles. The van der Waals surface area contributed by atoms with Crippen molar-refractivity contribution < 1.29 is 33.3 Å². The van der Waals surface area contributed by atoms with E-state index >= 15 is 0 Å². The molecular formula is C28H30O7. The fraction of sp³-hybridized carbons (Fsp3) is 0.321. The third-order valence-electron chi connectivity index (χ3n) is 5.27. The van der Waals surface area contributed by atoms with Gasteiger partial charge in [0.25, 0.3) is 0 Å². The summed E-state index contributed by atoms with van der Waals surface area (Å²) in [5, 5.41) is 0. The van der Waals surface area contributed by atoms with Crippen LogP contribution in [0.1, 0.15) is 44.2 Å². The van der Waals surface area contributed by atoms with Crippen molar-refractivity contribution in [3.8, 4) is 11.5 Å². The van der Waals surface area contributed by atoms with E-state index in [1.54, 1.807) is 26.0 Å². The molecule has 35 heavy (non-hydrogen) atoms. The molecule has 7 nitrogen and oxygen atoms in total. The van der Waals surface area contributed by atoms with Crippen molar-refractivity contribution in [2.75, 3.05) is 26.4 Å². The molecule has 3 rings (SSSR count). The van der Waals surface area contributed by atoms with E-state index in [0.29, 0.717) is 35.5 Å². The van der Waals surface area contributed by atoms with Crippen LogP contribution >= 0.6 is 0 Å². The first-order chi connectivity index (χ1) is 17.0. The summed E-state index contributed by atoms with van der Waals surface area (Å²) in [4.78, 5) is 36.6. The summed E-state index contributed by atoms with van der Waals surface area (Å²) in [5.41, 5.74) is 2.78. The Balaban J connectivity index is 1.79. The molecule has 0 aliphatic heterocycles. The summed E-state index contributed by atoms with van der Waals surface area (Å²) >= 11 is 0. The molecule has 0 spiro atoms. The quantitative estimate of drug-likeness (QED) is 0.358. The number of carbonyl (C=O) groups is 3. The first-order valence-corrected chi connectivity index (χ1v) is 11.7. The molecule has 1 fully saturated rings. The zero-order chi connectivity index (χ0) is 25.0. The zero-order valence-corrected chi connectivity index (χ0v) is 20.1. The van der Waals surface area contributed by atoms with E-state index in [9.17, 15) is 14.4 Å².